The number of carbonyl (C=O) groups is 4. The smallest absolute Gasteiger partial charge is 0.534 e. The Balaban J connectivity index is 1.18. The Kier molecular flexibility index (Phi) is 10.6. The summed E-state index contributed by atoms with van der Waals surface area (Å²) in [5.41, 5.74) is -1.37. The number of nitrogens with zero attached hydrogens (tertiary/aromatic N) is 3. The van der Waals surface area contributed by atoms with Gasteiger partial charge in [-0.25, -0.2) is 36.5 Å². The number of phenols is 4. The maximum atomic E-state index is 14.7. The monoisotopic (exact) mass is 809 g/mol. The molecule has 1 unspecified atom stereocenters. The van der Waals surface area contributed by atoms with Gasteiger partial charge in [0.25, 0.3) is 0 Å². The first-order valence-electron chi connectivity index (χ1n) is 16.4. The molecule has 18 nitrogen and oxygen atoms in total. The zero-order valence-corrected chi connectivity index (χ0v) is 29.7. The van der Waals surface area contributed by atoms with E-state index in [1.165, 1.54) is 11.0 Å². The lowest BCUT2D eigenvalue weighted by atomic mass is 9.72. The molecule has 2 atom stereocenters. The number of sulfonamides is 1. The fraction of sp³-hybridized carbons (Fsp3) is 0.312. The van der Waals surface area contributed by atoms with E-state index >= 15 is 0 Å². The minimum Gasteiger partial charge on any atom is -0.534 e. The molecule has 0 bridgehead atoms. The second kappa shape index (κ2) is 14.9. The zero-order valence-electron chi connectivity index (χ0n) is 28.1. The summed E-state index contributed by atoms with van der Waals surface area (Å²) >= 11 is 6.17. The molecular weight excluding hydrogens is 779 g/mol. The lowest BCUT2D eigenvalue weighted by molar-refractivity contribution is -0.123. The fourth-order valence-electron chi connectivity index (χ4n) is 6.68. The number of benzene rings is 3. The summed E-state index contributed by atoms with van der Waals surface area (Å²) in [7, 11) is -6.09. The van der Waals surface area contributed by atoms with Gasteiger partial charge < -0.3 is 50.7 Å². The number of carboxylic acids is 1. The van der Waals surface area contributed by atoms with Gasteiger partial charge in [0.2, 0.25) is 15.9 Å². The minimum absolute atomic E-state index is 0.000282. The van der Waals surface area contributed by atoms with Gasteiger partial charge >= 0.3 is 25.1 Å². The third kappa shape index (κ3) is 7.44. The number of aromatic carboxylic acids is 1. The minimum atomic E-state index is -4.12. The summed E-state index contributed by atoms with van der Waals surface area (Å²) in [4.78, 5) is 54.3. The van der Waals surface area contributed by atoms with Crippen LogP contribution >= 0.6 is 11.6 Å². The fourth-order valence-corrected chi connectivity index (χ4v) is 8.47. The Morgan fingerprint density at radius 3 is 2.24 bits per heavy atom. The molecule has 3 heterocycles. The van der Waals surface area contributed by atoms with Crippen molar-refractivity contribution in [1.29, 1.82) is 0 Å². The number of piperidine rings is 1. The normalized spacial score (nSPS) is 18.4. The highest BCUT2D eigenvalue weighted by Gasteiger charge is 2.43. The standard InChI is InChI=1S/C32H31BClF2N5O13S/c34-24-19(13-21(36)26(44)27(24)45)25(29(46)37-22-9-14-1-2-20(35)23(30(47)48)28(14)54-33(22)51)38-31(49)41-8-7-40(32(41)50)15-3-5-39(6-4-15)55(52,53)18-11-16(42)10-17(43)12-18/h1-2,10-13,15,22,25,42-45,51H,3-9H2,(H,37,46)(H,38,49)(H,47,48)/t22-,25?/m0/s1. The van der Waals surface area contributed by atoms with Gasteiger partial charge in [0, 0.05) is 56.0 Å². The molecule has 0 radical (unpaired) electrons. The lowest BCUT2D eigenvalue weighted by Gasteiger charge is -2.35. The molecule has 0 aromatic heterocycles. The van der Waals surface area contributed by atoms with E-state index in [-0.39, 0.29) is 55.9 Å². The van der Waals surface area contributed by atoms with E-state index in [2.05, 4.69) is 10.6 Å². The molecule has 0 aliphatic carbocycles. The molecular formula is C32H31BClF2N5O13S. The number of phenolic OH excluding ortho intramolecular Hbond substituents is 4. The zero-order chi connectivity index (χ0) is 40.1. The van der Waals surface area contributed by atoms with Crippen molar-refractivity contribution in [3.63, 3.8) is 0 Å². The van der Waals surface area contributed by atoms with Crippen molar-refractivity contribution in [3.8, 4) is 28.7 Å². The average molecular weight is 810 g/mol. The van der Waals surface area contributed by atoms with Gasteiger partial charge in [0.05, 0.1) is 15.9 Å². The van der Waals surface area contributed by atoms with E-state index in [1.54, 1.807) is 0 Å². The van der Waals surface area contributed by atoms with Gasteiger partial charge in [0.1, 0.15) is 34.7 Å². The summed E-state index contributed by atoms with van der Waals surface area (Å²) in [5.74, 6) is -10.7. The number of carbonyl (C=O) groups excluding carboxylic acids is 3. The molecule has 2 fully saturated rings. The van der Waals surface area contributed by atoms with Crippen LogP contribution in [0, 0.1) is 11.6 Å². The first-order valence-corrected chi connectivity index (χ1v) is 18.2. The Morgan fingerprint density at radius 1 is 0.945 bits per heavy atom. The quantitative estimate of drug-likeness (QED) is 0.119. The van der Waals surface area contributed by atoms with Gasteiger partial charge in [-0.15, -0.1) is 0 Å². The van der Waals surface area contributed by atoms with Crippen molar-refractivity contribution in [3.05, 3.63) is 69.7 Å². The van der Waals surface area contributed by atoms with Crippen LogP contribution in [0.5, 0.6) is 28.7 Å². The van der Waals surface area contributed by atoms with Crippen LogP contribution in [0.2, 0.25) is 5.02 Å². The lowest BCUT2D eigenvalue weighted by Crippen LogP contribution is -2.56. The van der Waals surface area contributed by atoms with Crippen LogP contribution in [0.15, 0.2) is 41.3 Å². The number of aromatic hydroxyl groups is 4. The third-order valence-corrected chi connectivity index (χ3v) is 11.7. The summed E-state index contributed by atoms with van der Waals surface area (Å²) < 4.78 is 61.6. The van der Waals surface area contributed by atoms with Crippen molar-refractivity contribution in [2.75, 3.05) is 26.2 Å². The van der Waals surface area contributed by atoms with E-state index in [0.717, 1.165) is 33.5 Å². The van der Waals surface area contributed by atoms with Crippen LogP contribution in [-0.4, -0.2) is 122 Å². The first-order chi connectivity index (χ1) is 25.9. The predicted octanol–water partition coefficient (Wildman–Crippen LogP) is 1.62. The maximum absolute atomic E-state index is 14.7. The topological polar surface area (TPSA) is 267 Å². The molecule has 3 aliphatic heterocycles. The maximum Gasteiger partial charge on any atom is 0.547 e. The van der Waals surface area contributed by atoms with Gasteiger partial charge in [-0.2, -0.15) is 4.31 Å². The summed E-state index contributed by atoms with van der Waals surface area (Å²) in [6.07, 6.45) is -0.0246. The summed E-state index contributed by atoms with van der Waals surface area (Å²) in [6, 6.07) is 0.952. The molecule has 8 N–H and O–H groups in total. The molecule has 3 aromatic carbocycles. The molecule has 55 heavy (non-hydrogen) atoms. The van der Waals surface area contributed by atoms with Crippen LogP contribution in [0.3, 0.4) is 0 Å². The highest BCUT2D eigenvalue weighted by Crippen LogP contribution is 2.41. The molecule has 6 rings (SSSR count). The SMILES string of the molecule is O=C(O)c1c(F)ccc2c1OB(O)[C@@H](NC(=O)C(NC(=O)N1CCN(C3CCN(S(=O)(=O)c4cc(O)cc(O)c4)CC3)C1=O)c1cc(F)c(O)c(O)c1Cl)C2. The number of halogens is 3. The van der Waals surface area contributed by atoms with E-state index in [4.69, 9.17) is 16.3 Å². The van der Waals surface area contributed by atoms with Crippen molar-refractivity contribution in [1.82, 2.24) is 24.7 Å². The predicted molar refractivity (Wildman–Crippen MR) is 184 cm³/mol. The first kappa shape index (κ1) is 39.1. The molecule has 3 aromatic rings. The number of nitrogens with one attached hydrogen (secondary N) is 2. The molecule has 5 amide bonds. The van der Waals surface area contributed by atoms with Crippen molar-refractivity contribution in [2.45, 2.75) is 42.2 Å². The molecule has 2 saturated heterocycles. The molecule has 23 heteroatoms. The van der Waals surface area contributed by atoms with Crippen molar-refractivity contribution in [2.24, 2.45) is 0 Å². The van der Waals surface area contributed by atoms with E-state index < -0.39 is 116 Å². The van der Waals surface area contributed by atoms with Gasteiger partial charge in [-0.1, -0.05) is 17.7 Å². The van der Waals surface area contributed by atoms with Crippen LogP contribution in [0.4, 0.5) is 18.4 Å². The second-order valence-corrected chi connectivity index (χ2v) is 15.1. The largest absolute Gasteiger partial charge is 0.547 e. The van der Waals surface area contributed by atoms with E-state index in [9.17, 15) is 66.9 Å². The highest BCUT2D eigenvalue weighted by atomic mass is 35.5. The number of carboxylic acid groups (broad SMARTS) is 1. The Bertz CT molecular complexity index is 2190. The second-order valence-electron chi connectivity index (χ2n) is 12.8. The van der Waals surface area contributed by atoms with Gasteiger partial charge in [-0.3, -0.25) is 4.79 Å². The van der Waals surface area contributed by atoms with Crippen LogP contribution < -0.4 is 15.3 Å². The van der Waals surface area contributed by atoms with Crippen LogP contribution in [0.25, 0.3) is 0 Å². The number of urea groups is 2. The molecule has 292 valence electrons. The number of hydrogen-bond donors (Lipinski definition) is 8. The van der Waals surface area contributed by atoms with Crippen molar-refractivity contribution >= 4 is 52.7 Å². The van der Waals surface area contributed by atoms with E-state index in [0.29, 0.717) is 6.07 Å². The van der Waals surface area contributed by atoms with Crippen molar-refractivity contribution < 1.29 is 71.6 Å². The number of hydrogen-bond acceptors (Lipinski definition) is 12. The van der Waals surface area contributed by atoms with Gasteiger partial charge in [0.15, 0.2) is 17.3 Å². The number of amides is 5. The Morgan fingerprint density at radius 2 is 1.60 bits per heavy atom. The number of fused-ring (bicyclic) bond motifs is 1. The van der Waals surface area contributed by atoms with Crippen LogP contribution in [-0.2, 0) is 21.2 Å². The van der Waals surface area contributed by atoms with E-state index in [1.807, 2.05) is 0 Å². The summed E-state index contributed by atoms with van der Waals surface area (Å²) in [6.45, 7) is -0.314. The number of imide groups is 1. The molecule has 0 spiro atoms. The summed E-state index contributed by atoms with van der Waals surface area (Å²) in [5, 5.41) is 63.6. The Hall–Kier alpha value is -5.58. The number of rotatable bonds is 8. The molecule has 3 aliphatic rings. The van der Waals surface area contributed by atoms with Gasteiger partial charge in [-0.05, 0) is 37.0 Å². The molecule has 0 saturated carbocycles. The average Bonchev–Trinajstić information content (AvgIpc) is 3.52. The highest BCUT2D eigenvalue weighted by molar-refractivity contribution is 7.89. The Labute approximate surface area is 315 Å². The van der Waals surface area contributed by atoms with Crippen LogP contribution in [0.1, 0.15) is 40.4 Å². The third-order valence-electron chi connectivity index (χ3n) is 9.45.